The second kappa shape index (κ2) is 11.1. The van der Waals surface area contributed by atoms with Crippen LogP contribution >= 0.6 is 0 Å². The summed E-state index contributed by atoms with van der Waals surface area (Å²) < 4.78 is 5.44. The predicted octanol–water partition coefficient (Wildman–Crippen LogP) is 2.20. The van der Waals surface area contributed by atoms with E-state index in [1.807, 2.05) is 18.3 Å². The molecule has 0 aliphatic carbocycles. The summed E-state index contributed by atoms with van der Waals surface area (Å²) in [5.41, 5.74) is 2.60. The van der Waals surface area contributed by atoms with Crippen LogP contribution in [0.25, 0.3) is 0 Å². The van der Waals surface area contributed by atoms with Gasteiger partial charge in [-0.15, -0.1) is 0 Å². The van der Waals surface area contributed by atoms with E-state index >= 15 is 0 Å². The molecule has 3 heterocycles. The number of aromatic nitrogens is 1. The fraction of sp³-hybridized carbons (Fsp3) is 0.500. The van der Waals surface area contributed by atoms with E-state index in [4.69, 9.17) is 9.73 Å². The standard InChI is InChI=1S/C24H34N6O/c1-2-25-24(30-13-11-29(12-14-30)23-5-3-4-10-26-23)27-19-21-6-8-22(9-7-21)20-28-15-17-31-18-16-28/h3-10H,2,11-20H2,1H3,(H,25,27). The minimum atomic E-state index is 0.695. The summed E-state index contributed by atoms with van der Waals surface area (Å²) in [5, 5.41) is 3.47. The molecule has 7 heteroatoms. The van der Waals surface area contributed by atoms with Crippen LogP contribution in [0.5, 0.6) is 0 Å². The zero-order valence-electron chi connectivity index (χ0n) is 18.5. The number of anilines is 1. The van der Waals surface area contributed by atoms with Crippen molar-refractivity contribution < 1.29 is 4.74 Å². The molecule has 0 bridgehead atoms. The first-order chi connectivity index (χ1) is 15.3. The second-order valence-electron chi connectivity index (χ2n) is 8.04. The monoisotopic (exact) mass is 422 g/mol. The van der Waals surface area contributed by atoms with Crippen molar-refractivity contribution in [3.8, 4) is 0 Å². The van der Waals surface area contributed by atoms with Gasteiger partial charge in [-0.3, -0.25) is 4.90 Å². The molecule has 1 N–H and O–H groups in total. The Labute approximate surface area is 185 Å². The van der Waals surface area contributed by atoms with Crippen LogP contribution < -0.4 is 10.2 Å². The van der Waals surface area contributed by atoms with Crippen molar-refractivity contribution in [1.29, 1.82) is 0 Å². The number of nitrogens with zero attached hydrogens (tertiary/aromatic N) is 5. The first-order valence-electron chi connectivity index (χ1n) is 11.4. The van der Waals surface area contributed by atoms with E-state index in [1.165, 1.54) is 11.1 Å². The number of morpholine rings is 1. The van der Waals surface area contributed by atoms with E-state index in [2.05, 4.69) is 62.3 Å². The Hall–Kier alpha value is -2.64. The van der Waals surface area contributed by atoms with Crippen LogP contribution in [0.2, 0.25) is 0 Å². The van der Waals surface area contributed by atoms with Gasteiger partial charge < -0.3 is 19.9 Å². The van der Waals surface area contributed by atoms with E-state index in [1.54, 1.807) is 0 Å². The lowest BCUT2D eigenvalue weighted by molar-refractivity contribution is 0.0342. The number of hydrogen-bond donors (Lipinski definition) is 1. The number of aliphatic imine (C=N–C) groups is 1. The molecule has 0 saturated carbocycles. The second-order valence-corrected chi connectivity index (χ2v) is 8.04. The molecule has 2 fully saturated rings. The first kappa shape index (κ1) is 21.6. The largest absolute Gasteiger partial charge is 0.379 e. The molecule has 2 aliphatic rings. The van der Waals surface area contributed by atoms with Gasteiger partial charge in [-0.25, -0.2) is 9.98 Å². The maximum Gasteiger partial charge on any atom is 0.194 e. The summed E-state index contributed by atoms with van der Waals surface area (Å²) in [7, 11) is 0. The molecule has 0 amide bonds. The number of pyridine rings is 1. The van der Waals surface area contributed by atoms with Crippen LogP contribution in [0.15, 0.2) is 53.7 Å². The van der Waals surface area contributed by atoms with Crippen LogP contribution in [0.1, 0.15) is 18.1 Å². The van der Waals surface area contributed by atoms with Crippen molar-refractivity contribution in [3.63, 3.8) is 0 Å². The number of piperazine rings is 1. The molecule has 0 atom stereocenters. The van der Waals surface area contributed by atoms with Gasteiger partial charge in [0.15, 0.2) is 5.96 Å². The van der Waals surface area contributed by atoms with Crippen LogP contribution in [0.4, 0.5) is 5.82 Å². The van der Waals surface area contributed by atoms with Crippen molar-refractivity contribution in [2.24, 2.45) is 4.99 Å². The zero-order valence-corrected chi connectivity index (χ0v) is 18.5. The molecule has 2 aromatic rings. The Kier molecular flexibility index (Phi) is 7.74. The number of guanidine groups is 1. The summed E-state index contributed by atoms with van der Waals surface area (Å²) in [4.78, 5) is 16.5. The zero-order chi connectivity index (χ0) is 21.3. The van der Waals surface area contributed by atoms with Gasteiger partial charge in [0.2, 0.25) is 0 Å². The lowest BCUT2D eigenvalue weighted by atomic mass is 10.1. The molecule has 4 rings (SSSR count). The number of ether oxygens (including phenoxy) is 1. The average molecular weight is 423 g/mol. The normalized spacial score (nSPS) is 18.3. The van der Waals surface area contributed by atoms with Crippen molar-refractivity contribution in [3.05, 3.63) is 59.8 Å². The number of hydrogen-bond acceptors (Lipinski definition) is 5. The van der Waals surface area contributed by atoms with Gasteiger partial charge in [0, 0.05) is 58.6 Å². The molecular formula is C24H34N6O. The molecular weight excluding hydrogens is 388 g/mol. The highest BCUT2D eigenvalue weighted by atomic mass is 16.5. The Morgan fingerprint density at radius 3 is 2.39 bits per heavy atom. The molecule has 0 radical (unpaired) electrons. The van der Waals surface area contributed by atoms with Crippen LogP contribution in [0.3, 0.4) is 0 Å². The van der Waals surface area contributed by atoms with E-state index < -0.39 is 0 Å². The van der Waals surface area contributed by atoms with E-state index in [-0.39, 0.29) is 0 Å². The van der Waals surface area contributed by atoms with Crippen LogP contribution in [-0.2, 0) is 17.8 Å². The summed E-state index contributed by atoms with van der Waals surface area (Å²) in [6.07, 6.45) is 1.86. The lowest BCUT2D eigenvalue weighted by Crippen LogP contribution is -2.52. The fourth-order valence-electron chi connectivity index (χ4n) is 4.05. The summed E-state index contributed by atoms with van der Waals surface area (Å²) in [5.74, 6) is 2.06. The lowest BCUT2D eigenvalue weighted by Gasteiger charge is -2.37. The van der Waals surface area contributed by atoms with Gasteiger partial charge in [-0.2, -0.15) is 0 Å². The predicted molar refractivity (Wildman–Crippen MR) is 125 cm³/mol. The topological polar surface area (TPSA) is 56.2 Å². The summed E-state index contributed by atoms with van der Waals surface area (Å²) in [6.45, 7) is 12.2. The minimum Gasteiger partial charge on any atom is -0.379 e. The number of benzene rings is 1. The van der Waals surface area contributed by atoms with Gasteiger partial charge in [0.25, 0.3) is 0 Å². The third kappa shape index (κ3) is 6.18. The Morgan fingerprint density at radius 2 is 1.71 bits per heavy atom. The third-order valence-corrected chi connectivity index (χ3v) is 5.83. The Balaban J connectivity index is 1.31. The van der Waals surface area contributed by atoms with Gasteiger partial charge >= 0.3 is 0 Å². The van der Waals surface area contributed by atoms with E-state index in [9.17, 15) is 0 Å². The summed E-state index contributed by atoms with van der Waals surface area (Å²) >= 11 is 0. The van der Waals surface area contributed by atoms with Crippen molar-refractivity contribution >= 4 is 11.8 Å². The fourth-order valence-corrected chi connectivity index (χ4v) is 4.05. The molecule has 1 aromatic heterocycles. The molecule has 1 aromatic carbocycles. The molecule has 0 unspecified atom stereocenters. The Bertz CT molecular complexity index is 812. The SMILES string of the molecule is CCNC(=NCc1ccc(CN2CCOCC2)cc1)N1CCN(c2ccccn2)CC1. The van der Waals surface area contributed by atoms with Crippen molar-refractivity contribution in [2.75, 3.05) is 63.9 Å². The van der Waals surface area contributed by atoms with E-state index in [0.29, 0.717) is 6.54 Å². The average Bonchev–Trinajstić information content (AvgIpc) is 2.84. The quantitative estimate of drug-likeness (QED) is 0.569. The van der Waals surface area contributed by atoms with E-state index in [0.717, 1.165) is 77.3 Å². The molecule has 166 valence electrons. The van der Waals surface area contributed by atoms with Gasteiger partial charge in [0.1, 0.15) is 5.82 Å². The van der Waals surface area contributed by atoms with Crippen LogP contribution in [-0.4, -0.2) is 79.8 Å². The third-order valence-electron chi connectivity index (χ3n) is 5.83. The molecule has 31 heavy (non-hydrogen) atoms. The highest BCUT2D eigenvalue weighted by Crippen LogP contribution is 2.14. The van der Waals surface area contributed by atoms with Gasteiger partial charge in [-0.05, 0) is 30.2 Å². The maximum atomic E-state index is 5.44. The number of nitrogens with one attached hydrogen (secondary N) is 1. The van der Waals surface area contributed by atoms with Crippen molar-refractivity contribution in [1.82, 2.24) is 20.1 Å². The minimum absolute atomic E-state index is 0.695. The maximum absolute atomic E-state index is 5.44. The Morgan fingerprint density at radius 1 is 0.968 bits per heavy atom. The van der Waals surface area contributed by atoms with Crippen molar-refractivity contribution in [2.45, 2.75) is 20.0 Å². The first-order valence-corrected chi connectivity index (χ1v) is 11.4. The molecule has 7 nitrogen and oxygen atoms in total. The molecule has 2 aliphatic heterocycles. The van der Waals surface area contributed by atoms with Gasteiger partial charge in [0.05, 0.1) is 19.8 Å². The van der Waals surface area contributed by atoms with Gasteiger partial charge in [-0.1, -0.05) is 30.3 Å². The molecule has 0 spiro atoms. The highest BCUT2D eigenvalue weighted by Gasteiger charge is 2.20. The smallest absolute Gasteiger partial charge is 0.194 e. The number of rotatable bonds is 6. The highest BCUT2D eigenvalue weighted by molar-refractivity contribution is 5.80. The van der Waals surface area contributed by atoms with Crippen LogP contribution in [0, 0.1) is 0 Å². The molecule has 2 saturated heterocycles. The summed E-state index contributed by atoms with van der Waals surface area (Å²) in [6, 6.07) is 15.0.